The van der Waals surface area contributed by atoms with Crippen molar-refractivity contribution >= 4 is 17.6 Å². The van der Waals surface area contributed by atoms with Gasteiger partial charge in [-0.2, -0.15) is 0 Å². The lowest BCUT2D eigenvalue weighted by Gasteiger charge is -2.32. The van der Waals surface area contributed by atoms with Crippen LogP contribution < -0.4 is 11.1 Å². The van der Waals surface area contributed by atoms with E-state index < -0.39 is 0 Å². The van der Waals surface area contributed by atoms with Gasteiger partial charge in [-0.25, -0.2) is 4.98 Å². The van der Waals surface area contributed by atoms with E-state index in [0.29, 0.717) is 24.0 Å². The SMILES string of the molecule is CN1CCN(C(=O)c2ccc(-c3cnc(N)c(C(=O)NC4CCC(O)CC4)c3)cc2)CC1. The molecule has 2 heterocycles. The van der Waals surface area contributed by atoms with Gasteiger partial charge in [0.05, 0.1) is 11.7 Å². The minimum atomic E-state index is -0.274. The van der Waals surface area contributed by atoms with E-state index in [1.165, 1.54) is 0 Å². The van der Waals surface area contributed by atoms with Crippen LogP contribution in [0.2, 0.25) is 0 Å². The Balaban J connectivity index is 1.45. The number of hydrogen-bond donors (Lipinski definition) is 3. The minimum absolute atomic E-state index is 0.0360. The second-order valence-corrected chi connectivity index (χ2v) is 8.81. The molecule has 32 heavy (non-hydrogen) atoms. The van der Waals surface area contributed by atoms with Crippen molar-refractivity contribution < 1.29 is 14.7 Å². The zero-order valence-corrected chi connectivity index (χ0v) is 18.5. The van der Waals surface area contributed by atoms with Crippen LogP contribution in [-0.4, -0.2) is 77.1 Å². The molecule has 1 aliphatic heterocycles. The Morgan fingerprint density at radius 2 is 1.69 bits per heavy atom. The van der Waals surface area contributed by atoms with E-state index in [0.717, 1.165) is 50.1 Å². The van der Waals surface area contributed by atoms with Gasteiger partial charge in [-0.05, 0) is 56.5 Å². The number of likely N-dealkylation sites (N-methyl/N-ethyl adjacent to an activating group) is 1. The Labute approximate surface area is 188 Å². The zero-order chi connectivity index (χ0) is 22.7. The van der Waals surface area contributed by atoms with Gasteiger partial charge in [-0.3, -0.25) is 9.59 Å². The fraction of sp³-hybridized carbons (Fsp3) is 0.458. The summed E-state index contributed by atoms with van der Waals surface area (Å²) in [6.45, 7) is 3.23. The van der Waals surface area contributed by atoms with E-state index in [4.69, 9.17) is 5.73 Å². The highest BCUT2D eigenvalue weighted by molar-refractivity contribution is 5.99. The van der Waals surface area contributed by atoms with Gasteiger partial charge in [0, 0.05) is 49.5 Å². The van der Waals surface area contributed by atoms with Crippen molar-refractivity contribution in [3.8, 4) is 11.1 Å². The second-order valence-electron chi connectivity index (χ2n) is 8.81. The maximum atomic E-state index is 12.8. The molecule has 2 amide bonds. The van der Waals surface area contributed by atoms with E-state index in [9.17, 15) is 14.7 Å². The van der Waals surface area contributed by atoms with Crippen molar-refractivity contribution in [2.75, 3.05) is 39.0 Å². The van der Waals surface area contributed by atoms with Crippen molar-refractivity contribution in [3.05, 3.63) is 47.7 Å². The van der Waals surface area contributed by atoms with E-state index >= 15 is 0 Å². The molecule has 0 spiro atoms. The lowest BCUT2D eigenvalue weighted by Crippen LogP contribution is -2.47. The molecule has 0 atom stereocenters. The molecule has 4 rings (SSSR count). The number of benzene rings is 1. The number of rotatable bonds is 4. The first-order chi connectivity index (χ1) is 15.4. The Hall–Kier alpha value is -2.97. The summed E-state index contributed by atoms with van der Waals surface area (Å²) in [5, 5.41) is 12.7. The number of anilines is 1. The predicted molar refractivity (Wildman–Crippen MR) is 123 cm³/mol. The predicted octanol–water partition coefficient (Wildman–Crippen LogP) is 1.75. The highest BCUT2D eigenvalue weighted by atomic mass is 16.3. The van der Waals surface area contributed by atoms with Crippen LogP contribution >= 0.6 is 0 Å². The molecule has 0 unspecified atom stereocenters. The molecule has 2 aliphatic rings. The number of nitrogens with one attached hydrogen (secondary N) is 1. The summed E-state index contributed by atoms with van der Waals surface area (Å²) in [4.78, 5) is 33.9. The number of nitrogen functional groups attached to an aromatic ring is 1. The smallest absolute Gasteiger partial charge is 0.255 e. The van der Waals surface area contributed by atoms with Crippen LogP contribution in [0.4, 0.5) is 5.82 Å². The Morgan fingerprint density at radius 1 is 1.03 bits per heavy atom. The molecule has 170 valence electrons. The summed E-state index contributed by atoms with van der Waals surface area (Å²) in [6.07, 6.45) is 4.26. The van der Waals surface area contributed by atoms with Crippen LogP contribution in [0.5, 0.6) is 0 Å². The van der Waals surface area contributed by atoms with Crippen molar-refractivity contribution in [3.63, 3.8) is 0 Å². The third-order valence-corrected chi connectivity index (χ3v) is 6.45. The van der Waals surface area contributed by atoms with Crippen LogP contribution in [0.25, 0.3) is 11.1 Å². The van der Waals surface area contributed by atoms with Crippen LogP contribution in [0.15, 0.2) is 36.5 Å². The number of aromatic nitrogens is 1. The van der Waals surface area contributed by atoms with E-state index in [2.05, 4.69) is 22.2 Å². The molecule has 8 heteroatoms. The molecule has 1 aromatic heterocycles. The fourth-order valence-corrected chi connectivity index (χ4v) is 4.30. The van der Waals surface area contributed by atoms with E-state index in [-0.39, 0.29) is 29.8 Å². The van der Waals surface area contributed by atoms with Gasteiger partial charge in [0.1, 0.15) is 5.82 Å². The van der Waals surface area contributed by atoms with Crippen LogP contribution in [0.3, 0.4) is 0 Å². The molecule has 2 fully saturated rings. The number of piperazine rings is 1. The van der Waals surface area contributed by atoms with Crippen LogP contribution in [0, 0.1) is 0 Å². The highest BCUT2D eigenvalue weighted by Crippen LogP contribution is 2.24. The molecular weight excluding hydrogens is 406 g/mol. The van der Waals surface area contributed by atoms with Gasteiger partial charge in [0.2, 0.25) is 0 Å². The van der Waals surface area contributed by atoms with Crippen LogP contribution in [-0.2, 0) is 0 Å². The van der Waals surface area contributed by atoms with Crippen molar-refractivity contribution in [1.29, 1.82) is 0 Å². The first-order valence-corrected chi connectivity index (χ1v) is 11.2. The monoisotopic (exact) mass is 437 g/mol. The number of carbonyl (C=O) groups excluding carboxylic acids is 2. The summed E-state index contributed by atoms with van der Waals surface area (Å²) in [7, 11) is 2.06. The Morgan fingerprint density at radius 3 is 2.34 bits per heavy atom. The van der Waals surface area contributed by atoms with Crippen molar-refractivity contribution in [2.24, 2.45) is 0 Å². The number of aliphatic hydroxyl groups excluding tert-OH is 1. The summed E-state index contributed by atoms with van der Waals surface area (Å²) in [5.74, 6) is -0.0261. The molecule has 4 N–H and O–H groups in total. The molecule has 2 aromatic rings. The third-order valence-electron chi connectivity index (χ3n) is 6.45. The molecule has 1 saturated heterocycles. The summed E-state index contributed by atoms with van der Waals surface area (Å²) in [5.41, 5.74) is 8.61. The number of pyridine rings is 1. The number of amides is 2. The van der Waals surface area contributed by atoms with Crippen LogP contribution in [0.1, 0.15) is 46.4 Å². The fourth-order valence-electron chi connectivity index (χ4n) is 4.30. The molecule has 1 saturated carbocycles. The Bertz CT molecular complexity index is 962. The standard InChI is InChI=1S/C24H31N5O3/c1-28-10-12-29(13-11-28)24(32)17-4-2-16(3-5-17)18-14-21(22(25)26-15-18)23(31)27-19-6-8-20(30)9-7-19/h2-5,14-15,19-20,30H,6-13H2,1H3,(H2,25,26)(H,27,31). The normalized spacial score (nSPS) is 21.9. The zero-order valence-electron chi connectivity index (χ0n) is 18.5. The molecule has 8 nitrogen and oxygen atoms in total. The van der Waals surface area contributed by atoms with Gasteiger partial charge in [-0.1, -0.05) is 12.1 Å². The van der Waals surface area contributed by atoms with Gasteiger partial charge in [-0.15, -0.1) is 0 Å². The molecular formula is C24H31N5O3. The summed E-state index contributed by atoms with van der Waals surface area (Å²) >= 11 is 0. The van der Waals surface area contributed by atoms with Gasteiger partial charge < -0.3 is 26.0 Å². The second kappa shape index (κ2) is 9.67. The molecule has 1 aliphatic carbocycles. The maximum Gasteiger partial charge on any atom is 0.255 e. The summed E-state index contributed by atoms with van der Waals surface area (Å²) < 4.78 is 0. The van der Waals surface area contributed by atoms with E-state index in [1.807, 2.05) is 29.2 Å². The number of nitrogens with zero attached hydrogens (tertiary/aromatic N) is 3. The first kappa shape index (κ1) is 22.2. The largest absolute Gasteiger partial charge is 0.393 e. The maximum absolute atomic E-state index is 12.8. The lowest BCUT2D eigenvalue weighted by molar-refractivity contribution is 0.0664. The van der Waals surface area contributed by atoms with Gasteiger partial charge >= 0.3 is 0 Å². The third kappa shape index (κ3) is 5.08. The average molecular weight is 438 g/mol. The average Bonchev–Trinajstić information content (AvgIpc) is 2.81. The number of carbonyl (C=O) groups is 2. The topological polar surface area (TPSA) is 112 Å². The molecule has 0 bridgehead atoms. The number of aliphatic hydroxyl groups is 1. The molecule has 0 radical (unpaired) electrons. The van der Waals surface area contributed by atoms with Gasteiger partial charge in [0.25, 0.3) is 11.8 Å². The summed E-state index contributed by atoms with van der Waals surface area (Å²) in [6, 6.07) is 9.17. The molecule has 1 aromatic carbocycles. The minimum Gasteiger partial charge on any atom is -0.393 e. The Kier molecular flexibility index (Phi) is 6.72. The van der Waals surface area contributed by atoms with E-state index in [1.54, 1.807) is 12.3 Å². The number of hydrogen-bond acceptors (Lipinski definition) is 6. The first-order valence-electron chi connectivity index (χ1n) is 11.2. The van der Waals surface area contributed by atoms with Crippen molar-refractivity contribution in [2.45, 2.75) is 37.8 Å². The number of nitrogens with two attached hydrogens (primary N) is 1. The lowest BCUT2D eigenvalue weighted by atomic mass is 9.93. The quantitative estimate of drug-likeness (QED) is 0.672. The van der Waals surface area contributed by atoms with Gasteiger partial charge in [0.15, 0.2) is 0 Å². The van der Waals surface area contributed by atoms with Crippen molar-refractivity contribution in [1.82, 2.24) is 20.1 Å². The highest BCUT2D eigenvalue weighted by Gasteiger charge is 2.23.